The Bertz CT molecular complexity index is 387. The molecule has 0 aliphatic carbocycles. The summed E-state index contributed by atoms with van der Waals surface area (Å²) < 4.78 is 2.33. The summed E-state index contributed by atoms with van der Waals surface area (Å²) in [6.07, 6.45) is 0. The molecule has 0 radical (unpaired) electrons. The molecule has 0 fully saturated rings. The summed E-state index contributed by atoms with van der Waals surface area (Å²) in [6.45, 7) is 0. The molecule has 1 aromatic heterocycles. The van der Waals surface area contributed by atoms with Gasteiger partial charge in [0.25, 0.3) is 5.56 Å². The fourth-order valence-electron chi connectivity index (χ4n) is 0.990. The molecule has 1 aromatic rings. The largest absolute Gasteiger partial charge is 0.476 e. The Morgan fingerprint density at radius 2 is 1.92 bits per heavy atom. The highest BCUT2D eigenvalue weighted by Gasteiger charge is 2.18. The van der Waals surface area contributed by atoms with Gasteiger partial charge in [-0.1, -0.05) is 0 Å². The van der Waals surface area contributed by atoms with Gasteiger partial charge in [-0.15, -0.1) is 0 Å². The molecule has 1 heterocycles. The summed E-state index contributed by atoms with van der Waals surface area (Å²) in [7, 11) is 2.91. The monoisotopic (exact) mass is 171 g/mol. The van der Waals surface area contributed by atoms with Gasteiger partial charge < -0.3 is 10.8 Å². The lowest BCUT2D eigenvalue weighted by molar-refractivity contribution is 0.0684. The number of hydrogen-bond donors (Lipinski definition) is 2. The van der Waals surface area contributed by atoms with E-state index >= 15 is 0 Å². The maximum Gasteiger partial charge on any atom is 0.356 e. The van der Waals surface area contributed by atoms with Crippen LogP contribution in [0.3, 0.4) is 0 Å². The van der Waals surface area contributed by atoms with Crippen LogP contribution in [-0.4, -0.2) is 20.4 Å². The zero-order valence-electron chi connectivity index (χ0n) is 6.74. The molecule has 3 N–H and O–H groups in total. The molecule has 0 bridgehead atoms. The first-order valence-electron chi connectivity index (χ1n) is 3.21. The van der Waals surface area contributed by atoms with Crippen LogP contribution in [0.5, 0.6) is 0 Å². The smallest absolute Gasteiger partial charge is 0.356 e. The highest BCUT2D eigenvalue weighted by Crippen LogP contribution is 2.04. The summed E-state index contributed by atoms with van der Waals surface area (Å²) in [5.41, 5.74) is 4.37. The molecule has 1 rings (SSSR count). The number of nitrogen functional groups attached to an aromatic ring is 1. The van der Waals surface area contributed by atoms with E-state index in [9.17, 15) is 9.59 Å². The molecule has 0 saturated heterocycles. The maximum absolute atomic E-state index is 11.1. The molecule has 0 aromatic carbocycles. The van der Waals surface area contributed by atoms with Crippen molar-refractivity contribution in [3.63, 3.8) is 0 Å². The fourth-order valence-corrected chi connectivity index (χ4v) is 0.990. The number of aromatic nitrogens is 2. The molecule has 12 heavy (non-hydrogen) atoms. The minimum absolute atomic E-state index is 0.178. The average molecular weight is 171 g/mol. The van der Waals surface area contributed by atoms with E-state index in [-0.39, 0.29) is 11.4 Å². The molecule has 0 aliphatic heterocycles. The molecule has 0 aliphatic rings. The lowest BCUT2D eigenvalue weighted by Crippen LogP contribution is -2.18. The van der Waals surface area contributed by atoms with Gasteiger partial charge in [-0.25, -0.2) is 4.79 Å². The minimum atomic E-state index is -1.20. The Labute approximate surface area is 67.8 Å². The fraction of sp³-hybridized carbons (Fsp3) is 0.333. The average Bonchev–Trinajstić information content (AvgIpc) is 2.16. The van der Waals surface area contributed by atoms with E-state index in [4.69, 9.17) is 10.8 Å². The predicted molar refractivity (Wildman–Crippen MR) is 42.0 cm³/mol. The first-order valence-corrected chi connectivity index (χ1v) is 3.21. The normalized spacial score (nSPS) is 10.2. The van der Waals surface area contributed by atoms with Crippen molar-refractivity contribution in [2.75, 3.05) is 5.73 Å². The summed E-state index contributed by atoms with van der Waals surface area (Å²) in [5, 5.41) is 8.63. The van der Waals surface area contributed by atoms with Gasteiger partial charge >= 0.3 is 5.97 Å². The number of anilines is 1. The molecule has 0 saturated carbocycles. The number of carboxylic acid groups (broad SMARTS) is 1. The van der Waals surface area contributed by atoms with E-state index in [0.29, 0.717) is 0 Å². The molecule has 0 atom stereocenters. The maximum atomic E-state index is 11.1. The summed E-state index contributed by atoms with van der Waals surface area (Å²) >= 11 is 0. The second kappa shape index (κ2) is 2.40. The topological polar surface area (TPSA) is 90.2 Å². The Kier molecular flexibility index (Phi) is 1.68. The molecule has 0 unspecified atom stereocenters. The second-order valence-corrected chi connectivity index (χ2v) is 2.42. The third kappa shape index (κ3) is 0.884. The lowest BCUT2D eigenvalue weighted by Gasteiger charge is -2.00. The van der Waals surface area contributed by atoms with Gasteiger partial charge in [0.15, 0.2) is 5.69 Å². The summed E-state index contributed by atoms with van der Waals surface area (Å²) in [6, 6.07) is 0. The Morgan fingerprint density at radius 3 is 2.08 bits per heavy atom. The second-order valence-electron chi connectivity index (χ2n) is 2.42. The van der Waals surface area contributed by atoms with Crippen molar-refractivity contribution in [2.45, 2.75) is 0 Å². The number of aromatic carboxylic acids is 1. The first kappa shape index (κ1) is 8.38. The van der Waals surface area contributed by atoms with Crippen LogP contribution >= 0.6 is 0 Å². The van der Waals surface area contributed by atoms with Crippen LogP contribution in [0.15, 0.2) is 4.79 Å². The Hall–Kier alpha value is -1.72. The number of carboxylic acids is 1. The predicted octanol–water partition coefficient (Wildman–Crippen LogP) is -0.996. The highest BCUT2D eigenvalue weighted by atomic mass is 16.4. The van der Waals surface area contributed by atoms with Crippen molar-refractivity contribution in [1.82, 2.24) is 9.36 Å². The Morgan fingerprint density at radius 1 is 1.42 bits per heavy atom. The molecule has 0 amide bonds. The van der Waals surface area contributed by atoms with Crippen LogP contribution in [0, 0.1) is 0 Å². The minimum Gasteiger partial charge on any atom is -0.476 e. The standard InChI is InChI=1S/C6H9N3O3/c1-8-4(6(11)12)3(7)5(10)9(8)2/h7H2,1-2H3,(H,11,12). The molecule has 6 heteroatoms. The highest BCUT2D eigenvalue weighted by molar-refractivity contribution is 5.91. The van der Waals surface area contributed by atoms with Crippen molar-refractivity contribution >= 4 is 11.7 Å². The van der Waals surface area contributed by atoms with Gasteiger partial charge in [0.05, 0.1) is 0 Å². The molecule has 66 valence electrons. The van der Waals surface area contributed by atoms with Gasteiger partial charge in [-0.3, -0.25) is 14.2 Å². The molecule has 6 nitrogen and oxygen atoms in total. The summed E-state index contributed by atoms with van der Waals surface area (Å²) in [4.78, 5) is 21.6. The quantitative estimate of drug-likeness (QED) is 0.567. The van der Waals surface area contributed by atoms with Gasteiger partial charge in [0, 0.05) is 14.1 Å². The zero-order valence-corrected chi connectivity index (χ0v) is 6.74. The van der Waals surface area contributed by atoms with Crippen LogP contribution in [0.4, 0.5) is 5.69 Å². The van der Waals surface area contributed by atoms with Crippen LogP contribution in [0.2, 0.25) is 0 Å². The van der Waals surface area contributed by atoms with Crippen LogP contribution in [-0.2, 0) is 14.1 Å². The molecular weight excluding hydrogens is 162 g/mol. The van der Waals surface area contributed by atoms with Crippen LogP contribution in [0.1, 0.15) is 10.5 Å². The number of rotatable bonds is 1. The van der Waals surface area contributed by atoms with Gasteiger partial charge in [-0.2, -0.15) is 0 Å². The summed E-state index contributed by atoms with van der Waals surface area (Å²) in [5.74, 6) is -1.20. The molecular formula is C6H9N3O3. The molecule has 0 spiro atoms. The van der Waals surface area contributed by atoms with E-state index in [1.165, 1.54) is 18.8 Å². The lowest BCUT2D eigenvalue weighted by atomic mass is 10.4. The van der Waals surface area contributed by atoms with Crippen molar-refractivity contribution < 1.29 is 9.90 Å². The Balaban J connectivity index is 3.60. The van der Waals surface area contributed by atoms with Crippen LogP contribution < -0.4 is 11.3 Å². The number of carbonyl (C=O) groups is 1. The van der Waals surface area contributed by atoms with Crippen molar-refractivity contribution in [2.24, 2.45) is 14.1 Å². The van der Waals surface area contributed by atoms with Gasteiger partial charge in [-0.05, 0) is 0 Å². The van der Waals surface area contributed by atoms with E-state index in [1.807, 2.05) is 0 Å². The van der Waals surface area contributed by atoms with E-state index in [0.717, 1.165) is 4.68 Å². The SMILES string of the molecule is Cn1c(C(=O)O)c(N)c(=O)n1C. The van der Waals surface area contributed by atoms with E-state index < -0.39 is 11.5 Å². The van der Waals surface area contributed by atoms with E-state index in [1.54, 1.807) is 0 Å². The van der Waals surface area contributed by atoms with Crippen molar-refractivity contribution in [3.05, 3.63) is 16.0 Å². The first-order chi connectivity index (χ1) is 5.46. The van der Waals surface area contributed by atoms with Crippen LogP contribution in [0.25, 0.3) is 0 Å². The zero-order chi connectivity index (χ0) is 9.46. The third-order valence-corrected chi connectivity index (χ3v) is 1.76. The van der Waals surface area contributed by atoms with E-state index in [2.05, 4.69) is 0 Å². The van der Waals surface area contributed by atoms with Crippen molar-refractivity contribution in [1.29, 1.82) is 0 Å². The van der Waals surface area contributed by atoms with Gasteiger partial charge in [0.2, 0.25) is 0 Å². The number of hydrogen-bond acceptors (Lipinski definition) is 3. The number of nitrogens with two attached hydrogens (primary N) is 1. The van der Waals surface area contributed by atoms with Crippen molar-refractivity contribution in [3.8, 4) is 0 Å². The number of nitrogens with zero attached hydrogens (tertiary/aromatic N) is 2. The van der Waals surface area contributed by atoms with Gasteiger partial charge in [0.1, 0.15) is 5.69 Å². The third-order valence-electron chi connectivity index (χ3n) is 1.76.